The third-order valence-corrected chi connectivity index (χ3v) is 6.43. The van der Waals surface area contributed by atoms with Gasteiger partial charge in [-0.3, -0.25) is 9.59 Å². The third-order valence-electron chi connectivity index (χ3n) is 6.43. The van der Waals surface area contributed by atoms with Gasteiger partial charge in [0.25, 0.3) is 5.91 Å². The Bertz CT molecular complexity index is 1170. The number of piperidine rings is 1. The fourth-order valence-electron chi connectivity index (χ4n) is 4.58. The summed E-state index contributed by atoms with van der Waals surface area (Å²) in [5.41, 5.74) is 1.42. The van der Waals surface area contributed by atoms with Crippen LogP contribution in [0.4, 0.5) is 13.2 Å². The number of benzene rings is 3. The van der Waals surface area contributed by atoms with E-state index in [2.05, 4.69) is 0 Å². The summed E-state index contributed by atoms with van der Waals surface area (Å²) in [7, 11) is 0. The van der Waals surface area contributed by atoms with Crippen molar-refractivity contribution in [3.63, 3.8) is 0 Å². The Morgan fingerprint density at radius 3 is 2.09 bits per heavy atom. The summed E-state index contributed by atoms with van der Waals surface area (Å²) in [6.07, 6.45) is -2.95. The number of fused-ring (bicyclic) bond motifs is 1. The lowest BCUT2D eigenvalue weighted by Gasteiger charge is -2.32. The second-order valence-corrected chi connectivity index (χ2v) is 8.91. The lowest BCUT2D eigenvalue weighted by atomic mass is 9.88. The number of amides is 1. The first-order valence-corrected chi connectivity index (χ1v) is 11.2. The maximum atomic E-state index is 13.4. The summed E-state index contributed by atoms with van der Waals surface area (Å²) in [6, 6.07) is 16.2. The highest BCUT2D eigenvalue weighted by Crippen LogP contribution is 2.36. The smallest absolute Gasteiger partial charge is 0.339 e. The second kappa shape index (κ2) is 9.00. The maximum Gasteiger partial charge on any atom is 0.417 e. The Balaban J connectivity index is 1.49. The fourth-order valence-corrected chi connectivity index (χ4v) is 4.58. The zero-order chi connectivity index (χ0) is 23.8. The largest absolute Gasteiger partial charge is 0.417 e. The van der Waals surface area contributed by atoms with Crippen LogP contribution in [0.5, 0.6) is 0 Å². The van der Waals surface area contributed by atoms with E-state index < -0.39 is 11.7 Å². The number of halogens is 3. The Morgan fingerprint density at radius 2 is 1.48 bits per heavy atom. The van der Waals surface area contributed by atoms with Gasteiger partial charge in [-0.05, 0) is 47.2 Å². The molecule has 3 aromatic carbocycles. The molecule has 1 aliphatic heterocycles. The van der Waals surface area contributed by atoms with Crippen molar-refractivity contribution >= 4 is 22.5 Å². The van der Waals surface area contributed by atoms with Gasteiger partial charge in [0.2, 0.25) is 0 Å². The number of carbonyl (C=O) groups excluding carboxylic acids is 2. The zero-order valence-corrected chi connectivity index (χ0v) is 18.7. The van der Waals surface area contributed by atoms with E-state index >= 15 is 0 Å². The van der Waals surface area contributed by atoms with Crippen LogP contribution in [0.3, 0.4) is 0 Å². The lowest BCUT2D eigenvalue weighted by Crippen LogP contribution is -2.38. The van der Waals surface area contributed by atoms with E-state index in [0.29, 0.717) is 29.6 Å². The Labute approximate surface area is 191 Å². The Hall–Kier alpha value is -3.15. The van der Waals surface area contributed by atoms with Gasteiger partial charge in [-0.25, -0.2) is 0 Å². The Morgan fingerprint density at radius 1 is 0.879 bits per heavy atom. The summed E-state index contributed by atoms with van der Waals surface area (Å²) in [5, 5.41) is 0.367. The van der Waals surface area contributed by atoms with Crippen LogP contribution >= 0.6 is 0 Å². The van der Waals surface area contributed by atoms with E-state index in [9.17, 15) is 22.8 Å². The normalized spacial score (nSPS) is 15.3. The predicted molar refractivity (Wildman–Crippen MR) is 122 cm³/mol. The van der Waals surface area contributed by atoms with Crippen LogP contribution in [0.15, 0.2) is 60.7 Å². The van der Waals surface area contributed by atoms with Crippen molar-refractivity contribution in [1.29, 1.82) is 0 Å². The molecule has 0 N–H and O–H groups in total. The molecule has 0 aliphatic carbocycles. The van der Waals surface area contributed by atoms with E-state index in [1.54, 1.807) is 17.0 Å². The number of hydrogen-bond donors (Lipinski definition) is 0. The SMILES string of the molecule is CC(C)C(=O)c1ccc(C2CCN(C(=O)c3cccc4c(C(F)(F)F)cccc34)CC2)cc1. The van der Waals surface area contributed by atoms with Crippen LogP contribution in [0, 0.1) is 5.92 Å². The first-order valence-electron chi connectivity index (χ1n) is 11.2. The van der Waals surface area contributed by atoms with Gasteiger partial charge in [-0.2, -0.15) is 13.2 Å². The highest BCUT2D eigenvalue weighted by Gasteiger charge is 2.33. The number of Topliss-reactive ketones (excluding diaryl/α,β-unsaturated/α-hetero) is 1. The minimum atomic E-state index is -4.48. The molecule has 0 spiro atoms. The number of nitrogens with zero attached hydrogens (tertiary/aromatic N) is 1. The minimum Gasteiger partial charge on any atom is -0.339 e. The van der Waals surface area contributed by atoms with E-state index in [-0.39, 0.29) is 28.9 Å². The van der Waals surface area contributed by atoms with Crippen molar-refractivity contribution < 1.29 is 22.8 Å². The van der Waals surface area contributed by atoms with E-state index in [4.69, 9.17) is 0 Å². The molecule has 3 nitrogen and oxygen atoms in total. The van der Waals surface area contributed by atoms with Crippen LogP contribution in [0.25, 0.3) is 10.8 Å². The van der Waals surface area contributed by atoms with Gasteiger partial charge in [0.05, 0.1) is 5.56 Å². The average molecular weight is 454 g/mol. The number of likely N-dealkylation sites (tertiary alicyclic amines) is 1. The van der Waals surface area contributed by atoms with Crippen LogP contribution < -0.4 is 0 Å². The van der Waals surface area contributed by atoms with Crippen molar-refractivity contribution in [3.8, 4) is 0 Å². The number of carbonyl (C=O) groups is 2. The molecule has 0 bridgehead atoms. The molecule has 1 amide bonds. The lowest BCUT2D eigenvalue weighted by molar-refractivity contribution is -0.136. The molecule has 0 saturated carbocycles. The molecule has 0 unspecified atom stereocenters. The highest BCUT2D eigenvalue weighted by molar-refractivity contribution is 6.07. The molecule has 0 atom stereocenters. The molecule has 3 aromatic rings. The van der Waals surface area contributed by atoms with Crippen molar-refractivity contribution in [3.05, 3.63) is 82.9 Å². The third kappa shape index (κ3) is 4.65. The van der Waals surface area contributed by atoms with Gasteiger partial charge in [0, 0.05) is 30.1 Å². The Kier molecular flexibility index (Phi) is 6.28. The van der Waals surface area contributed by atoms with Crippen LogP contribution in [-0.2, 0) is 6.18 Å². The van der Waals surface area contributed by atoms with Gasteiger partial charge >= 0.3 is 6.18 Å². The van der Waals surface area contributed by atoms with Gasteiger partial charge in [-0.1, -0.05) is 62.4 Å². The second-order valence-electron chi connectivity index (χ2n) is 8.91. The zero-order valence-electron chi connectivity index (χ0n) is 18.7. The number of hydrogen-bond acceptors (Lipinski definition) is 2. The monoisotopic (exact) mass is 453 g/mol. The molecule has 1 fully saturated rings. The van der Waals surface area contributed by atoms with Crippen molar-refractivity contribution in [2.24, 2.45) is 5.92 Å². The summed E-state index contributed by atoms with van der Waals surface area (Å²) in [5.74, 6) is 0.106. The highest BCUT2D eigenvalue weighted by atomic mass is 19.4. The summed E-state index contributed by atoms with van der Waals surface area (Å²) in [4.78, 5) is 27.1. The molecule has 1 aliphatic rings. The molecule has 1 saturated heterocycles. The number of rotatable bonds is 4. The van der Waals surface area contributed by atoms with Crippen molar-refractivity contribution in [1.82, 2.24) is 4.90 Å². The van der Waals surface area contributed by atoms with E-state index in [1.807, 2.05) is 38.1 Å². The fraction of sp³-hybridized carbons (Fsp3) is 0.333. The minimum absolute atomic E-state index is 0.0433. The molecule has 1 heterocycles. The maximum absolute atomic E-state index is 13.4. The van der Waals surface area contributed by atoms with E-state index in [0.717, 1.165) is 24.5 Å². The van der Waals surface area contributed by atoms with Gasteiger partial charge in [0.1, 0.15) is 0 Å². The van der Waals surface area contributed by atoms with Crippen LogP contribution in [-0.4, -0.2) is 29.7 Å². The summed E-state index contributed by atoms with van der Waals surface area (Å²) in [6.45, 7) is 4.82. The molecular formula is C27H26F3NO2. The van der Waals surface area contributed by atoms with Crippen molar-refractivity contribution in [2.45, 2.75) is 38.8 Å². The quantitative estimate of drug-likeness (QED) is 0.412. The molecule has 0 radical (unpaired) electrons. The van der Waals surface area contributed by atoms with Crippen molar-refractivity contribution in [2.75, 3.05) is 13.1 Å². The topological polar surface area (TPSA) is 37.4 Å². The first-order chi connectivity index (χ1) is 15.7. The van der Waals surface area contributed by atoms with Gasteiger partial charge < -0.3 is 4.90 Å². The summed E-state index contributed by atoms with van der Waals surface area (Å²) >= 11 is 0. The molecule has 33 heavy (non-hydrogen) atoms. The molecule has 172 valence electrons. The molecular weight excluding hydrogens is 427 g/mol. The first kappa shape index (κ1) is 23.0. The molecule has 4 rings (SSSR count). The predicted octanol–water partition coefficient (Wildman–Crippen LogP) is 6.72. The van der Waals surface area contributed by atoms with Gasteiger partial charge in [0.15, 0.2) is 5.78 Å². The van der Waals surface area contributed by atoms with Crippen LogP contribution in [0.1, 0.15) is 64.4 Å². The van der Waals surface area contributed by atoms with Gasteiger partial charge in [-0.15, -0.1) is 0 Å². The van der Waals surface area contributed by atoms with Crippen LogP contribution in [0.2, 0.25) is 0 Å². The molecule has 0 aromatic heterocycles. The van der Waals surface area contributed by atoms with E-state index in [1.165, 1.54) is 18.2 Å². The average Bonchev–Trinajstić information content (AvgIpc) is 2.82. The molecule has 6 heteroatoms. The number of alkyl halides is 3. The standard InChI is InChI=1S/C27H26F3NO2/c1-17(2)25(32)20-11-9-18(10-12-20)19-13-15-31(16-14-19)26(33)23-7-3-6-22-21(23)5-4-8-24(22)27(28,29)30/h3-12,17,19H,13-16H2,1-2H3. The summed E-state index contributed by atoms with van der Waals surface area (Å²) < 4.78 is 40.2. The number of ketones is 1.